The second kappa shape index (κ2) is 10.3. The maximum atomic E-state index is 6.10. The summed E-state index contributed by atoms with van der Waals surface area (Å²) in [5.74, 6) is 1.62. The monoisotopic (exact) mass is 437 g/mol. The maximum Gasteiger partial charge on any atom is 0.173 e. The summed E-state index contributed by atoms with van der Waals surface area (Å²) in [6.07, 6.45) is 1.69. The lowest BCUT2D eigenvalue weighted by Gasteiger charge is -2.31. The van der Waals surface area contributed by atoms with Gasteiger partial charge in [-0.3, -0.25) is 4.90 Å². The maximum absolute atomic E-state index is 6.10. The van der Waals surface area contributed by atoms with Gasteiger partial charge in [0.05, 0.1) is 32.0 Å². The zero-order valence-electron chi connectivity index (χ0n) is 17.3. The van der Waals surface area contributed by atoms with Gasteiger partial charge in [-0.1, -0.05) is 54.1 Å². The molecule has 0 aliphatic carbocycles. The van der Waals surface area contributed by atoms with Gasteiger partial charge in [0.1, 0.15) is 5.76 Å². The summed E-state index contributed by atoms with van der Waals surface area (Å²) in [6, 6.07) is 21.8. The van der Waals surface area contributed by atoms with Crippen LogP contribution < -0.4 is 0 Å². The first-order valence-electron chi connectivity index (χ1n) is 10.1. The van der Waals surface area contributed by atoms with E-state index in [4.69, 9.17) is 20.8 Å². The van der Waals surface area contributed by atoms with Gasteiger partial charge in [0, 0.05) is 18.7 Å². The van der Waals surface area contributed by atoms with Crippen LogP contribution in [-0.2, 0) is 24.4 Å². The average molecular weight is 438 g/mol. The summed E-state index contributed by atoms with van der Waals surface area (Å²) in [7, 11) is 1.67. The molecule has 0 fully saturated rings. The van der Waals surface area contributed by atoms with Gasteiger partial charge in [0.25, 0.3) is 0 Å². The third-order valence-corrected chi connectivity index (χ3v) is 5.28. The molecule has 0 amide bonds. The van der Waals surface area contributed by atoms with Gasteiger partial charge in [0.2, 0.25) is 0 Å². The van der Waals surface area contributed by atoms with E-state index in [9.17, 15) is 0 Å². The Labute approximate surface area is 186 Å². The van der Waals surface area contributed by atoms with E-state index in [1.165, 1.54) is 0 Å². The number of nitrogens with zero attached hydrogens (tertiary/aromatic N) is 5. The van der Waals surface area contributed by atoms with Gasteiger partial charge >= 0.3 is 0 Å². The molecule has 0 spiro atoms. The number of benzene rings is 2. The van der Waals surface area contributed by atoms with E-state index in [1.54, 1.807) is 18.1 Å². The SMILES string of the molecule is COCCn1nnnc1[C@@H](c1ccccc1)N(Cc1ccc(Cl)cc1)Cc1ccco1. The molecule has 0 saturated carbocycles. The Kier molecular flexibility index (Phi) is 7.09. The van der Waals surface area contributed by atoms with Crippen LogP contribution in [0.3, 0.4) is 0 Å². The molecule has 160 valence electrons. The number of methoxy groups -OCH3 is 1. The van der Waals surface area contributed by atoms with E-state index in [0.717, 1.165) is 22.7 Å². The summed E-state index contributed by atoms with van der Waals surface area (Å²) < 4.78 is 12.7. The van der Waals surface area contributed by atoms with Crippen molar-refractivity contribution >= 4 is 11.6 Å². The van der Waals surface area contributed by atoms with Crippen molar-refractivity contribution in [2.24, 2.45) is 0 Å². The molecule has 0 bridgehead atoms. The van der Waals surface area contributed by atoms with Crippen LogP contribution in [0.5, 0.6) is 0 Å². The molecule has 0 saturated heterocycles. The van der Waals surface area contributed by atoms with E-state index in [2.05, 4.69) is 32.6 Å². The number of hydrogen-bond donors (Lipinski definition) is 0. The highest BCUT2D eigenvalue weighted by atomic mass is 35.5. The standard InChI is InChI=1S/C23H24ClN5O2/c1-30-15-13-29-23(25-26-27-29)22(19-6-3-2-4-7-19)28(17-21-8-5-14-31-21)16-18-9-11-20(24)12-10-18/h2-12,14,22H,13,15-17H2,1H3/t22-/m1/s1. The van der Waals surface area contributed by atoms with Crippen LogP contribution in [-0.4, -0.2) is 38.8 Å². The second-order valence-corrected chi connectivity index (χ2v) is 7.61. The molecular formula is C23H24ClN5O2. The second-order valence-electron chi connectivity index (χ2n) is 7.18. The quantitative estimate of drug-likeness (QED) is 0.367. The number of tetrazole rings is 1. The zero-order valence-corrected chi connectivity index (χ0v) is 18.0. The number of aromatic nitrogens is 4. The molecule has 0 aliphatic heterocycles. The van der Waals surface area contributed by atoms with E-state index >= 15 is 0 Å². The molecule has 4 aromatic rings. The zero-order chi connectivity index (χ0) is 21.5. The van der Waals surface area contributed by atoms with Crippen molar-refractivity contribution < 1.29 is 9.15 Å². The topological polar surface area (TPSA) is 69.2 Å². The third-order valence-electron chi connectivity index (χ3n) is 5.03. The lowest BCUT2D eigenvalue weighted by atomic mass is 10.0. The van der Waals surface area contributed by atoms with Crippen LogP contribution in [0.15, 0.2) is 77.4 Å². The minimum Gasteiger partial charge on any atom is -0.468 e. The summed E-state index contributed by atoms with van der Waals surface area (Å²) in [5, 5.41) is 13.3. The normalized spacial score (nSPS) is 12.4. The van der Waals surface area contributed by atoms with Crippen molar-refractivity contribution in [3.63, 3.8) is 0 Å². The molecule has 8 heteroatoms. The molecule has 0 aliphatic rings. The first kappa shape index (κ1) is 21.2. The van der Waals surface area contributed by atoms with Crippen molar-refractivity contribution in [3.05, 3.63) is 101 Å². The van der Waals surface area contributed by atoms with E-state index in [-0.39, 0.29) is 6.04 Å². The summed E-state index contributed by atoms with van der Waals surface area (Å²) in [4.78, 5) is 2.30. The molecule has 2 aromatic carbocycles. The van der Waals surface area contributed by atoms with Gasteiger partial charge in [-0.2, -0.15) is 0 Å². The van der Waals surface area contributed by atoms with Crippen molar-refractivity contribution in [3.8, 4) is 0 Å². The molecule has 0 N–H and O–H groups in total. The van der Waals surface area contributed by atoms with Crippen LogP contribution >= 0.6 is 11.6 Å². The van der Waals surface area contributed by atoms with Gasteiger partial charge in [0.15, 0.2) is 5.82 Å². The van der Waals surface area contributed by atoms with Gasteiger partial charge in [-0.05, 0) is 45.8 Å². The van der Waals surface area contributed by atoms with E-state index in [1.807, 2.05) is 54.6 Å². The fourth-order valence-electron chi connectivity index (χ4n) is 3.57. The highest BCUT2D eigenvalue weighted by molar-refractivity contribution is 6.30. The molecule has 2 heterocycles. The summed E-state index contributed by atoms with van der Waals surface area (Å²) in [5.41, 5.74) is 2.23. The molecular weight excluding hydrogens is 414 g/mol. The largest absolute Gasteiger partial charge is 0.468 e. The Bertz CT molecular complexity index is 1050. The summed E-state index contributed by atoms with van der Waals surface area (Å²) in [6.45, 7) is 2.34. The van der Waals surface area contributed by atoms with Crippen LogP contribution in [0.25, 0.3) is 0 Å². The lowest BCUT2D eigenvalue weighted by Crippen LogP contribution is -2.31. The first-order valence-corrected chi connectivity index (χ1v) is 10.4. The fraction of sp³-hybridized carbons (Fsp3) is 0.261. The third kappa shape index (κ3) is 5.38. The minimum absolute atomic E-state index is 0.186. The number of furan rings is 1. The van der Waals surface area contributed by atoms with E-state index in [0.29, 0.717) is 31.3 Å². The number of halogens is 1. The van der Waals surface area contributed by atoms with Crippen LogP contribution in [0.4, 0.5) is 0 Å². The highest BCUT2D eigenvalue weighted by Gasteiger charge is 2.28. The molecule has 7 nitrogen and oxygen atoms in total. The van der Waals surface area contributed by atoms with Crippen molar-refractivity contribution in [1.29, 1.82) is 0 Å². The summed E-state index contributed by atoms with van der Waals surface area (Å²) >= 11 is 6.10. The number of ether oxygens (including phenoxy) is 1. The fourth-order valence-corrected chi connectivity index (χ4v) is 3.69. The van der Waals surface area contributed by atoms with Crippen molar-refractivity contribution in [2.45, 2.75) is 25.7 Å². The van der Waals surface area contributed by atoms with Crippen LogP contribution in [0, 0.1) is 0 Å². The number of rotatable bonds is 10. The van der Waals surface area contributed by atoms with Gasteiger partial charge in [-0.15, -0.1) is 5.10 Å². The minimum atomic E-state index is -0.186. The predicted octanol–water partition coefficient (Wildman–Crippen LogP) is 4.36. The Hall–Kier alpha value is -3.00. The highest BCUT2D eigenvalue weighted by Crippen LogP contribution is 2.30. The molecule has 0 radical (unpaired) electrons. The average Bonchev–Trinajstić information content (AvgIpc) is 3.47. The molecule has 4 rings (SSSR count). The lowest BCUT2D eigenvalue weighted by molar-refractivity contribution is 0.164. The molecule has 31 heavy (non-hydrogen) atoms. The first-order chi connectivity index (χ1) is 15.2. The van der Waals surface area contributed by atoms with Gasteiger partial charge in [-0.25, -0.2) is 4.68 Å². The van der Waals surface area contributed by atoms with Crippen LogP contribution in [0.2, 0.25) is 5.02 Å². The number of hydrogen-bond acceptors (Lipinski definition) is 6. The van der Waals surface area contributed by atoms with Crippen molar-refractivity contribution in [2.75, 3.05) is 13.7 Å². The Morgan fingerprint density at radius 1 is 1.03 bits per heavy atom. The van der Waals surface area contributed by atoms with E-state index < -0.39 is 0 Å². The van der Waals surface area contributed by atoms with Crippen LogP contribution in [0.1, 0.15) is 28.8 Å². The molecule has 0 unspecified atom stereocenters. The Balaban J connectivity index is 1.75. The predicted molar refractivity (Wildman–Crippen MR) is 117 cm³/mol. The Morgan fingerprint density at radius 2 is 1.84 bits per heavy atom. The molecule has 2 aromatic heterocycles. The van der Waals surface area contributed by atoms with Crippen molar-refractivity contribution in [1.82, 2.24) is 25.1 Å². The smallest absolute Gasteiger partial charge is 0.173 e. The Morgan fingerprint density at radius 3 is 2.55 bits per heavy atom. The molecule has 1 atom stereocenters. The van der Waals surface area contributed by atoms with Gasteiger partial charge < -0.3 is 9.15 Å².